The van der Waals surface area contributed by atoms with E-state index in [1.165, 1.54) is 0 Å². The quantitative estimate of drug-likeness (QED) is 0.669. The van der Waals surface area contributed by atoms with Gasteiger partial charge in [0, 0.05) is 39.1 Å². The Kier molecular flexibility index (Phi) is 5.88. The maximum atomic E-state index is 4.99. The van der Waals surface area contributed by atoms with Gasteiger partial charge >= 0.3 is 0 Å². The fraction of sp³-hybridized carbons (Fsp3) is 0.727. The van der Waals surface area contributed by atoms with Crippen LogP contribution in [0.3, 0.4) is 0 Å². The van der Waals surface area contributed by atoms with Gasteiger partial charge in [-0.2, -0.15) is 0 Å². The molecule has 5 nitrogen and oxygen atoms in total. The number of aromatic nitrogens is 2. The smallest absolute Gasteiger partial charge is 0.202 e. The van der Waals surface area contributed by atoms with E-state index in [1.54, 1.807) is 7.11 Å². The Morgan fingerprint density at radius 3 is 3.06 bits per heavy atom. The molecule has 0 spiro atoms. The third-order valence-electron chi connectivity index (χ3n) is 2.57. The van der Waals surface area contributed by atoms with Crippen LogP contribution in [-0.2, 0) is 11.3 Å². The number of nitrogens with one attached hydrogen (secondary N) is 1. The number of likely N-dealkylation sites (N-methyl/N-ethyl adjacent to an activating group) is 1. The van der Waals surface area contributed by atoms with Gasteiger partial charge < -0.3 is 19.5 Å². The second-order valence-electron chi connectivity index (χ2n) is 3.76. The van der Waals surface area contributed by atoms with Crippen molar-refractivity contribution in [3.05, 3.63) is 12.4 Å². The molecule has 5 heteroatoms. The summed E-state index contributed by atoms with van der Waals surface area (Å²) in [6.45, 7) is 6.71. The van der Waals surface area contributed by atoms with Crippen LogP contribution >= 0.6 is 0 Å². The van der Waals surface area contributed by atoms with E-state index in [9.17, 15) is 0 Å². The first-order chi connectivity index (χ1) is 7.77. The minimum absolute atomic E-state index is 0.696. The standard InChI is InChI=1S/C11H22N4O/c1-4-14(2)8-9-15-7-5-12-11(15)13-6-10-16-3/h5,7H,4,6,8-10H2,1-3H3,(H,12,13). The average Bonchev–Trinajstić information content (AvgIpc) is 2.74. The maximum absolute atomic E-state index is 4.99. The van der Waals surface area contributed by atoms with Crippen molar-refractivity contribution in [2.75, 3.05) is 45.7 Å². The van der Waals surface area contributed by atoms with Gasteiger partial charge in [0.15, 0.2) is 0 Å². The van der Waals surface area contributed by atoms with Gasteiger partial charge in [0.25, 0.3) is 0 Å². The summed E-state index contributed by atoms with van der Waals surface area (Å²) in [4.78, 5) is 6.55. The average molecular weight is 226 g/mol. The number of anilines is 1. The Morgan fingerprint density at radius 2 is 2.38 bits per heavy atom. The van der Waals surface area contributed by atoms with E-state index < -0.39 is 0 Å². The molecule has 92 valence electrons. The first-order valence-corrected chi connectivity index (χ1v) is 5.70. The van der Waals surface area contributed by atoms with Crippen molar-refractivity contribution in [2.45, 2.75) is 13.5 Å². The molecule has 0 saturated heterocycles. The van der Waals surface area contributed by atoms with Crippen molar-refractivity contribution in [1.82, 2.24) is 14.5 Å². The molecule has 0 radical (unpaired) electrons. The Hall–Kier alpha value is -1.07. The van der Waals surface area contributed by atoms with Crippen LogP contribution in [-0.4, -0.2) is 54.8 Å². The van der Waals surface area contributed by atoms with E-state index >= 15 is 0 Å². The number of hydrogen-bond acceptors (Lipinski definition) is 4. The van der Waals surface area contributed by atoms with Gasteiger partial charge in [-0.05, 0) is 13.6 Å². The number of imidazole rings is 1. The van der Waals surface area contributed by atoms with Crippen LogP contribution in [0.1, 0.15) is 6.92 Å². The number of nitrogens with zero attached hydrogens (tertiary/aromatic N) is 3. The summed E-state index contributed by atoms with van der Waals surface area (Å²) in [5.41, 5.74) is 0. The normalized spacial score (nSPS) is 11.0. The monoisotopic (exact) mass is 226 g/mol. The predicted octanol–water partition coefficient (Wildman–Crippen LogP) is 0.893. The van der Waals surface area contributed by atoms with Crippen LogP contribution in [0.25, 0.3) is 0 Å². The molecule has 0 saturated carbocycles. The Morgan fingerprint density at radius 1 is 1.56 bits per heavy atom. The molecule has 0 aliphatic carbocycles. The van der Waals surface area contributed by atoms with E-state index in [1.807, 2.05) is 12.4 Å². The molecule has 0 atom stereocenters. The molecule has 0 aliphatic rings. The lowest BCUT2D eigenvalue weighted by atomic mass is 10.5. The van der Waals surface area contributed by atoms with Crippen LogP contribution in [0.15, 0.2) is 12.4 Å². The fourth-order valence-corrected chi connectivity index (χ4v) is 1.36. The van der Waals surface area contributed by atoms with Crippen LogP contribution in [0.4, 0.5) is 5.95 Å². The molecule has 0 bridgehead atoms. The molecule has 1 aromatic rings. The van der Waals surface area contributed by atoms with Crippen molar-refractivity contribution in [1.29, 1.82) is 0 Å². The van der Waals surface area contributed by atoms with Gasteiger partial charge in [0.2, 0.25) is 5.95 Å². The lowest BCUT2D eigenvalue weighted by molar-refractivity contribution is 0.210. The van der Waals surface area contributed by atoms with E-state index in [-0.39, 0.29) is 0 Å². The molecule has 1 rings (SSSR count). The zero-order chi connectivity index (χ0) is 11.8. The fourth-order valence-electron chi connectivity index (χ4n) is 1.36. The molecule has 1 heterocycles. The minimum atomic E-state index is 0.696. The molecule has 16 heavy (non-hydrogen) atoms. The van der Waals surface area contributed by atoms with E-state index in [0.717, 1.165) is 32.1 Å². The zero-order valence-electron chi connectivity index (χ0n) is 10.4. The maximum Gasteiger partial charge on any atom is 0.202 e. The SMILES string of the molecule is CCN(C)CCn1ccnc1NCCOC. The second kappa shape index (κ2) is 7.24. The van der Waals surface area contributed by atoms with Crippen LogP contribution in [0.5, 0.6) is 0 Å². The van der Waals surface area contributed by atoms with Gasteiger partial charge in [0.05, 0.1) is 6.61 Å². The molecular weight excluding hydrogens is 204 g/mol. The zero-order valence-corrected chi connectivity index (χ0v) is 10.4. The molecule has 0 aliphatic heterocycles. The third-order valence-corrected chi connectivity index (χ3v) is 2.57. The van der Waals surface area contributed by atoms with Crippen LogP contribution in [0.2, 0.25) is 0 Å². The molecule has 0 amide bonds. The number of ether oxygens (including phenoxy) is 1. The van der Waals surface area contributed by atoms with Gasteiger partial charge in [0.1, 0.15) is 0 Å². The van der Waals surface area contributed by atoms with Gasteiger partial charge in [-0.1, -0.05) is 6.92 Å². The van der Waals surface area contributed by atoms with E-state index in [2.05, 4.69) is 33.7 Å². The van der Waals surface area contributed by atoms with Crippen molar-refractivity contribution in [3.63, 3.8) is 0 Å². The number of rotatable bonds is 8. The molecule has 1 N–H and O–H groups in total. The van der Waals surface area contributed by atoms with Crippen molar-refractivity contribution < 1.29 is 4.74 Å². The lowest BCUT2D eigenvalue weighted by Gasteiger charge is -2.15. The molecule has 0 fully saturated rings. The summed E-state index contributed by atoms with van der Waals surface area (Å²) in [6.07, 6.45) is 3.82. The number of hydrogen-bond donors (Lipinski definition) is 1. The molecular formula is C11H22N4O. The van der Waals surface area contributed by atoms with Crippen LogP contribution in [0, 0.1) is 0 Å². The highest BCUT2D eigenvalue weighted by Crippen LogP contribution is 2.03. The lowest BCUT2D eigenvalue weighted by Crippen LogP contribution is -2.23. The first kappa shape index (κ1) is 13.0. The highest BCUT2D eigenvalue weighted by atomic mass is 16.5. The van der Waals surface area contributed by atoms with E-state index in [0.29, 0.717) is 6.61 Å². The summed E-state index contributed by atoms with van der Waals surface area (Å²) < 4.78 is 7.11. The number of methoxy groups -OCH3 is 1. The summed E-state index contributed by atoms with van der Waals surface area (Å²) in [7, 11) is 3.82. The third kappa shape index (κ3) is 4.20. The summed E-state index contributed by atoms with van der Waals surface area (Å²) in [6, 6.07) is 0. The highest BCUT2D eigenvalue weighted by Gasteiger charge is 2.02. The molecule has 1 aromatic heterocycles. The van der Waals surface area contributed by atoms with Gasteiger partial charge in [-0.15, -0.1) is 0 Å². The van der Waals surface area contributed by atoms with Crippen molar-refractivity contribution >= 4 is 5.95 Å². The largest absolute Gasteiger partial charge is 0.383 e. The highest BCUT2D eigenvalue weighted by molar-refractivity contribution is 5.25. The predicted molar refractivity (Wildman–Crippen MR) is 65.8 cm³/mol. The Bertz CT molecular complexity index is 287. The molecule has 0 aromatic carbocycles. The van der Waals surface area contributed by atoms with Crippen molar-refractivity contribution in [3.8, 4) is 0 Å². The minimum Gasteiger partial charge on any atom is -0.383 e. The first-order valence-electron chi connectivity index (χ1n) is 5.70. The topological polar surface area (TPSA) is 42.3 Å². The Labute approximate surface area is 97.4 Å². The van der Waals surface area contributed by atoms with Gasteiger partial charge in [-0.3, -0.25) is 0 Å². The summed E-state index contributed by atoms with van der Waals surface area (Å²) in [5, 5.41) is 3.24. The second-order valence-corrected chi connectivity index (χ2v) is 3.76. The Balaban J connectivity index is 2.37. The van der Waals surface area contributed by atoms with Crippen LogP contribution < -0.4 is 5.32 Å². The van der Waals surface area contributed by atoms with Crippen molar-refractivity contribution in [2.24, 2.45) is 0 Å². The summed E-state index contributed by atoms with van der Waals surface area (Å²) >= 11 is 0. The van der Waals surface area contributed by atoms with Gasteiger partial charge in [-0.25, -0.2) is 4.98 Å². The molecule has 0 unspecified atom stereocenters. The summed E-state index contributed by atoms with van der Waals surface area (Å²) in [5.74, 6) is 0.918. The van der Waals surface area contributed by atoms with E-state index in [4.69, 9.17) is 4.74 Å².